The Morgan fingerprint density at radius 3 is 2.57 bits per heavy atom. The summed E-state index contributed by atoms with van der Waals surface area (Å²) in [6.07, 6.45) is 6.71. The molecule has 2 heteroatoms. The Kier molecular flexibility index (Phi) is 6.10. The molecule has 1 fully saturated rings. The number of hydrogen-bond donors (Lipinski definition) is 0. The molecule has 1 aliphatic rings. The highest BCUT2D eigenvalue weighted by atomic mass is 16.5. The van der Waals surface area contributed by atoms with Crippen LogP contribution in [0.2, 0.25) is 0 Å². The van der Waals surface area contributed by atoms with Crippen molar-refractivity contribution in [1.82, 2.24) is 4.90 Å². The van der Waals surface area contributed by atoms with Crippen LogP contribution in [0.15, 0.2) is 24.3 Å². The van der Waals surface area contributed by atoms with Crippen LogP contribution < -0.4 is 4.74 Å². The minimum atomic E-state index is 0.444. The molecular formula is C19H31NO. The molecule has 118 valence electrons. The molecule has 0 saturated heterocycles. The Morgan fingerprint density at radius 1 is 1.24 bits per heavy atom. The molecule has 1 aromatic rings. The molecule has 0 unspecified atom stereocenters. The van der Waals surface area contributed by atoms with Crippen molar-refractivity contribution in [2.75, 3.05) is 20.6 Å². The summed E-state index contributed by atoms with van der Waals surface area (Å²) >= 11 is 0. The highest BCUT2D eigenvalue weighted by Gasteiger charge is 2.20. The Labute approximate surface area is 130 Å². The van der Waals surface area contributed by atoms with Gasteiger partial charge in [0.2, 0.25) is 0 Å². The highest BCUT2D eigenvalue weighted by Crippen LogP contribution is 2.32. The number of benzene rings is 1. The molecule has 0 amide bonds. The van der Waals surface area contributed by atoms with Gasteiger partial charge in [-0.15, -0.1) is 0 Å². The molecule has 21 heavy (non-hydrogen) atoms. The largest absolute Gasteiger partial charge is 0.490 e. The topological polar surface area (TPSA) is 12.5 Å². The third-order valence-electron chi connectivity index (χ3n) is 4.67. The first-order valence-electron chi connectivity index (χ1n) is 8.51. The van der Waals surface area contributed by atoms with E-state index in [0.717, 1.165) is 12.3 Å². The molecule has 0 spiro atoms. The van der Waals surface area contributed by atoms with E-state index in [4.69, 9.17) is 4.74 Å². The van der Waals surface area contributed by atoms with E-state index in [1.807, 2.05) is 0 Å². The van der Waals surface area contributed by atoms with Gasteiger partial charge in [-0.05, 0) is 75.7 Å². The summed E-state index contributed by atoms with van der Waals surface area (Å²) in [5.74, 6) is 2.33. The van der Waals surface area contributed by atoms with Crippen LogP contribution >= 0.6 is 0 Å². The van der Waals surface area contributed by atoms with Crippen molar-refractivity contribution in [3.8, 4) is 5.75 Å². The maximum absolute atomic E-state index is 6.16. The van der Waals surface area contributed by atoms with Crippen molar-refractivity contribution >= 4 is 0 Å². The Bertz CT molecular complexity index is 423. The second kappa shape index (κ2) is 7.84. The van der Waals surface area contributed by atoms with Gasteiger partial charge < -0.3 is 9.64 Å². The minimum absolute atomic E-state index is 0.444. The number of ether oxygens (including phenoxy) is 1. The maximum Gasteiger partial charge on any atom is 0.119 e. The smallest absolute Gasteiger partial charge is 0.119 e. The summed E-state index contributed by atoms with van der Waals surface area (Å²) < 4.78 is 6.16. The van der Waals surface area contributed by atoms with Gasteiger partial charge in [-0.25, -0.2) is 0 Å². The van der Waals surface area contributed by atoms with E-state index in [2.05, 4.69) is 57.1 Å². The van der Waals surface area contributed by atoms with E-state index < -0.39 is 0 Å². The summed E-state index contributed by atoms with van der Waals surface area (Å²) in [5, 5.41) is 0. The van der Waals surface area contributed by atoms with Crippen molar-refractivity contribution in [1.29, 1.82) is 0 Å². The van der Waals surface area contributed by atoms with Gasteiger partial charge in [0.05, 0.1) is 6.10 Å². The van der Waals surface area contributed by atoms with E-state index in [0.29, 0.717) is 17.9 Å². The van der Waals surface area contributed by atoms with Gasteiger partial charge >= 0.3 is 0 Å². The molecule has 2 nitrogen and oxygen atoms in total. The predicted octanol–water partition coefficient (Wildman–Crippen LogP) is 4.70. The van der Waals surface area contributed by atoms with Crippen molar-refractivity contribution < 1.29 is 4.74 Å². The average molecular weight is 289 g/mol. The van der Waals surface area contributed by atoms with Crippen LogP contribution in [0.4, 0.5) is 0 Å². The standard InChI is InChI=1S/C19H31NO/c1-5-19(15(2)14-20(3)4)16-9-8-12-18(13-16)21-17-10-6-7-11-17/h8-9,12-13,15,17,19H,5-7,10-11,14H2,1-4H3/t15-,19+/m0/s1. The third-order valence-corrected chi connectivity index (χ3v) is 4.67. The first-order chi connectivity index (χ1) is 10.1. The molecule has 0 N–H and O–H groups in total. The van der Waals surface area contributed by atoms with Gasteiger partial charge in [-0.3, -0.25) is 0 Å². The molecule has 1 aliphatic carbocycles. The Morgan fingerprint density at radius 2 is 1.95 bits per heavy atom. The van der Waals surface area contributed by atoms with Gasteiger partial charge in [0, 0.05) is 6.54 Å². The summed E-state index contributed by atoms with van der Waals surface area (Å²) in [4.78, 5) is 2.28. The van der Waals surface area contributed by atoms with Crippen LogP contribution in [0, 0.1) is 5.92 Å². The van der Waals surface area contributed by atoms with Gasteiger partial charge in [0.25, 0.3) is 0 Å². The summed E-state index contributed by atoms with van der Waals surface area (Å²) in [6.45, 7) is 5.78. The molecule has 0 radical (unpaired) electrons. The van der Waals surface area contributed by atoms with Crippen LogP contribution in [-0.4, -0.2) is 31.6 Å². The quantitative estimate of drug-likeness (QED) is 0.721. The molecule has 0 bridgehead atoms. The fourth-order valence-corrected chi connectivity index (χ4v) is 3.69. The summed E-state index contributed by atoms with van der Waals surface area (Å²) in [5.41, 5.74) is 1.43. The van der Waals surface area contributed by atoms with E-state index in [1.54, 1.807) is 0 Å². The van der Waals surface area contributed by atoms with E-state index in [1.165, 1.54) is 37.7 Å². The molecule has 0 aliphatic heterocycles. The van der Waals surface area contributed by atoms with E-state index in [9.17, 15) is 0 Å². The molecule has 2 atom stereocenters. The normalized spacial score (nSPS) is 18.9. The molecule has 0 heterocycles. The summed E-state index contributed by atoms with van der Waals surface area (Å²) in [6, 6.07) is 8.82. The van der Waals surface area contributed by atoms with Gasteiger partial charge in [-0.1, -0.05) is 26.0 Å². The number of hydrogen-bond acceptors (Lipinski definition) is 2. The van der Waals surface area contributed by atoms with Crippen LogP contribution in [0.5, 0.6) is 5.75 Å². The Hall–Kier alpha value is -1.02. The average Bonchev–Trinajstić information content (AvgIpc) is 2.92. The lowest BCUT2D eigenvalue weighted by atomic mass is 9.85. The zero-order valence-corrected chi connectivity index (χ0v) is 14.1. The monoisotopic (exact) mass is 289 g/mol. The second-order valence-electron chi connectivity index (χ2n) is 6.85. The SMILES string of the molecule is CC[C@@H](c1cccc(OC2CCCC2)c1)[C@@H](C)CN(C)C. The van der Waals surface area contributed by atoms with Gasteiger partial charge in [0.15, 0.2) is 0 Å². The molecule has 1 saturated carbocycles. The fraction of sp³-hybridized carbons (Fsp3) is 0.684. The molecule has 0 aromatic heterocycles. The highest BCUT2D eigenvalue weighted by molar-refractivity contribution is 5.31. The van der Waals surface area contributed by atoms with E-state index in [-0.39, 0.29) is 0 Å². The van der Waals surface area contributed by atoms with Gasteiger partial charge in [-0.2, -0.15) is 0 Å². The zero-order valence-electron chi connectivity index (χ0n) is 14.1. The van der Waals surface area contributed by atoms with Crippen LogP contribution in [0.25, 0.3) is 0 Å². The molecule has 2 rings (SSSR count). The number of nitrogens with zero attached hydrogens (tertiary/aromatic N) is 1. The van der Waals surface area contributed by atoms with Crippen LogP contribution in [0.1, 0.15) is 57.4 Å². The Balaban J connectivity index is 2.06. The predicted molar refractivity (Wildman–Crippen MR) is 90.1 cm³/mol. The zero-order chi connectivity index (χ0) is 15.2. The van der Waals surface area contributed by atoms with Gasteiger partial charge in [0.1, 0.15) is 5.75 Å². The lowest BCUT2D eigenvalue weighted by Gasteiger charge is -2.26. The number of rotatable bonds is 7. The minimum Gasteiger partial charge on any atom is -0.490 e. The second-order valence-corrected chi connectivity index (χ2v) is 6.85. The lowest BCUT2D eigenvalue weighted by molar-refractivity contribution is 0.209. The van der Waals surface area contributed by atoms with Crippen molar-refractivity contribution in [3.05, 3.63) is 29.8 Å². The first kappa shape index (κ1) is 16.4. The third kappa shape index (κ3) is 4.74. The van der Waals surface area contributed by atoms with Crippen molar-refractivity contribution in [3.63, 3.8) is 0 Å². The van der Waals surface area contributed by atoms with E-state index >= 15 is 0 Å². The first-order valence-corrected chi connectivity index (χ1v) is 8.51. The molecule has 1 aromatic carbocycles. The van der Waals surface area contributed by atoms with Crippen LogP contribution in [-0.2, 0) is 0 Å². The maximum atomic E-state index is 6.16. The van der Waals surface area contributed by atoms with Crippen molar-refractivity contribution in [2.45, 2.75) is 58.0 Å². The molecular weight excluding hydrogens is 258 g/mol. The van der Waals surface area contributed by atoms with Crippen LogP contribution in [0.3, 0.4) is 0 Å². The van der Waals surface area contributed by atoms with Crippen molar-refractivity contribution in [2.24, 2.45) is 5.92 Å². The fourth-order valence-electron chi connectivity index (χ4n) is 3.69. The lowest BCUT2D eigenvalue weighted by Crippen LogP contribution is -2.24. The summed E-state index contributed by atoms with van der Waals surface area (Å²) in [7, 11) is 4.31.